The number of anilines is 1. The second-order valence-corrected chi connectivity index (χ2v) is 5.80. The zero-order chi connectivity index (χ0) is 20.1. The topological polar surface area (TPSA) is 83.1 Å². The second kappa shape index (κ2) is 8.55. The summed E-state index contributed by atoms with van der Waals surface area (Å²) in [6.07, 6.45) is -1.09. The number of benzene rings is 2. The molecule has 0 bridgehead atoms. The third-order valence-electron chi connectivity index (χ3n) is 3.78. The number of esters is 1. The number of nitrogens with one attached hydrogen (secondary N) is 1. The zero-order valence-electron chi connectivity index (χ0n) is 14.8. The van der Waals surface area contributed by atoms with Crippen LogP contribution in [0.25, 0.3) is 0 Å². The molecule has 0 aliphatic carbocycles. The lowest BCUT2D eigenvalue weighted by Crippen LogP contribution is -2.30. The molecule has 2 aromatic carbocycles. The molecule has 1 aliphatic heterocycles. The summed E-state index contributed by atoms with van der Waals surface area (Å²) in [6.45, 7) is -0.665. The second-order valence-electron chi connectivity index (χ2n) is 5.80. The molecule has 3 rings (SSSR count). The lowest BCUT2D eigenvalue weighted by Gasteiger charge is -2.19. The first-order valence-corrected chi connectivity index (χ1v) is 8.39. The predicted molar refractivity (Wildman–Crippen MR) is 94.0 cm³/mol. The highest BCUT2D eigenvalue weighted by atomic mass is 19.3. The highest BCUT2D eigenvalue weighted by Crippen LogP contribution is 2.32. The molecule has 1 heterocycles. The summed E-state index contributed by atoms with van der Waals surface area (Å²) in [4.78, 5) is 24.4. The molecule has 1 unspecified atom stereocenters. The first kappa shape index (κ1) is 19.4. The molecular weight excluding hydrogens is 376 g/mol. The number of carbonyl (C=O) groups excluding carboxylic acids is 2. The number of hydrogen-bond donors (Lipinski definition) is 1. The van der Waals surface area contributed by atoms with Crippen molar-refractivity contribution in [3.05, 3.63) is 48.0 Å². The molecule has 0 aromatic heterocycles. The van der Waals surface area contributed by atoms with Crippen LogP contribution in [0.5, 0.6) is 17.2 Å². The number of fused-ring (bicyclic) bond motifs is 1. The van der Waals surface area contributed by atoms with Gasteiger partial charge in [-0.25, -0.2) is 4.79 Å². The Morgan fingerprint density at radius 2 is 1.71 bits per heavy atom. The summed E-state index contributed by atoms with van der Waals surface area (Å²) in [5.74, 6) is -0.296. The normalized spacial score (nSPS) is 13.6. The molecule has 2 aromatic rings. The van der Waals surface area contributed by atoms with Gasteiger partial charge in [-0.2, -0.15) is 8.78 Å². The Kier molecular flexibility index (Phi) is 5.93. The van der Waals surface area contributed by atoms with E-state index < -0.39 is 24.6 Å². The smallest absolute Gasteiger partial charge is 0.387 e. The van der Waals surface area contributed by atoms with Gasteiger partial charge in [-0.3, -0.25) is 4.79 Å². The van der Waals surface area contributed by atoms with Gasteiger partial charge < -0.3 is 24.3 Å². The number of rotatable bonds is 6. The van der Waals surface area contributed by atoms with Crippen LogP contribution in [0.2, 0.25) is 0 Å². The molecule has 9 heteroatoms. The Bertz CT molecular complexity index is 856. The van der Waals surface area contributed by atoms with Gasteiger partial charge in [0.1, 0.15) is 19.0 Å². The van der Waals surface area contributed by atoms with Crippen LogP contribution in [0.4, 0.5) is 14.5 Å². The van der Waals surface area contributed by atoms with Gasteiger partial charge in [-0.05, 0) is 43.3 Å². The molecule has 1 amide bonds. The van der Waals surface area contributed by atoms with Gasteiger partial charge >= 0.3 is 12.6 Å². The van der Waals surface area contributed by atoms with Crippen LogP contribution in [0.15, 0.2) is 42.5 Å². The Morgan fingerprint density at radius 1 is 1.04 bits per heavy atom. The summed E-state index contributed by atoms with van der Waals surface area (Å²) < 4.78 is 44.4. The SMILES string of the molecule is CC(OC(=O)c1ccc(OC(F)F)cc1)C(=O)Nc1ccc2c(c1)OCCO2. The fourth-order valence-electron chi connectivity index (χ4n) is 2.42. The third kappa shape index (κ3) is 4.87. The van der Waals surface area contributed by atoms with E-state index in [0.29, 0.717) is 30.4 Å². The number of carbonyl (C=O) groups is 2. The van der Waals surface area contributed by atoms with Gasteiger partial charge in [0.25, 0.3) is 5.91 Å². The molecule has 7 nitrogen and oxygen atoms in total. The lowest BCUT2D eigenvalue weighted by atomic mass is 10.2. The number of hydrogen-bond acceptors (Lipinski definition) is 6. The van der Waals surface area contributed by atoms with E-state index in [1.54, 1.807) is 18.2 Å². The van der Waals surface area contributed by atoms with E-state index in [1.807, 2.05) is 0 Å². The number of alkyl halides is 2. The summed E-state index contributed by atoms with van der Waals surface area (Å²) in [7, 11) is 0. The van der Waals surface area contributed by atoms with Crippen molar-refractivity contribution in [2.75, 3.05) is 18.5 Å². The van der Waals surface area contributed by atoms with Crippen LogP contribution in [0, 0.1) is 0 Å². The van der Waals surface area contributed by atoms with Gasteiger partial charge in [0.2, 0.25) is 0 Å². The van der Waals surface area contributed by atoms with Crippen molar-refractivity contribution >= 4 is 17.6 Å². The quantitative estimate of drug-likeness (QED) is 0.759. The van der Waals surface area contributed by atoms with Crippen LogP contribution in [-0.2, 0) is 9.53 Å². The zero-order valence-corrected chi connectivity index (χ0v) is 14.8. The maximum atomic E-state index is 12.3. The van der Waals surface area contributed by atoms with E-state index in [4.69, 9.17) is 14.2 Å². The van der Waals surface area contributed by atoms with Gasteiger partial charge in [0.05, 0.1) is 5.56 Å². The van der Waals surface area contributed by atoms with E-state index in [0.717, 1.165) is 0 Å². The van der Waals surface area contributed by atoms with Crippen LogP contribution >= 0.6 is 0 Å². The standard InChI is InChI=1S/C19H17F2NO6/c1-11(27-18(24)12-2-5-14(6-3-12)28-19(20)21)17(23)22-13-4-7-15-16(10-13)26-9-8-25-15/h2-7,10-11,19H,8-9H2,1H3,(H,22,23). The fourth-order valence-corrected chi connectivity index (χ4v) is 2.42. The van der Waals surface area contributed by atoms with Crippen molar-refractivity contribution in [1.82, 2.24) is 0 Å². The molecule has 0 saturated carbocycles. The van der Waals surface area contributed by atoms with Gasteiger partial charge in [-0.1, -0.05) is 0 Å². The van der Waals surface area contributed by atoms with E-state index in [-0.39, 0.29) is 11.3 Å². The molecule has 0 radical (unpaired) electrons. The van der Waals surface area contributed by atoms with E-state index in [2.05, 4.69) is 10.1 Å². The molecule has 0 spiro atoms. The van der Waals surface area contributed by atoms with Crippen molar-refractivity contribution in [2.24, 2.45) is 0 Å². The maximum absolute atomic E-state index is 12.3. The van der Waals surface area contributed by atoms with E-state index >= 15 is 0 Å². The number of amides is 1. The lowest BCUT2D eigenvalue weighted by molar-refractivity contribution is -0.123. The first-order chi connectivity index (χ1) is 13.4. The highest BCUT2D eigenvalue weighted by molar-refractivity contribution is 5.97. The molecule has 1 atom stereocenters. The van der Waals surface area contributed by atoms with Gasteiger partial charge in [0.15, 0.2) is 17.6 Å². The summed E-state index contributed by atoms with van der Waals surface area (Å²) in [5.41, 5.74) is 0.561. The molecule has 0 saturated heterocycles. The van der Waals surface area contributed by atoms with E-state index in [9.17, 15) is 18.4 Å². The highest BCUT2D eigenvalue weighted by Gasteiger charge is 2.20. The van der Waals surface area contributed by atoms with Crippen molar-refractivity contribution in [3.63, 3.8) is 0 Å². The van der Waals surface area contributed by atoms with Gasteiger partial charge in [0, 0.05) is 11.8 Å². The Balaban J connectivity index is 1.57. The van der Waals surface area contributed by atoms with Crippen molar-refractivity contribution in [3.8, 4) is 17.2 Å². The average Bonchev–Trinajstić information content (AvgIpc) is 2.67. The first-order valence-electron chi connectivity index (χ1n) is 8.39. The van der Waals surface area contributed by atoms with Crippen LogP contribution in [-0.4, -0.2) is 37.8 Å². The van der Waals surface area contributed by atoms with Gasteiger partial charge in [-0.15, -0.1) is 0 Å². The summed E-state index contributed by atoms with van der Waals surface area (Å²) in [5, 5.41) is 2.62. The summed E-state index contributed by atoms with van der Waals surface area (Å²) >= 11 is 0. The molecule has 0 fully saturated rings. The van der Waals surface area contributed by atoms with Crippen LogP contribution < -0.4 is 19.5 Å². The van der Waals surface area contributed by atoms with Crippen molar-refractivity contribution < 1.29 is 37.3 Å². The molecular formula is C19H17F2NO6. The van der Waals surface area contributed by atoms with Crippen LogP contribution in [0.3, 0.4) is 0 Å². The Hall–Kier alpha value is -3.36. The molecule has 148 valence electrons. The molecule has 28 heavy (non-hydrogen) atoms. The largest absolute Gasteiger partial charge is 0.486 e. The monoisotopic (exact) mass is 393 g/mol. The minimum atomic E-state index is -2.96. The predicted octanol–water partition coefficient (Wildman–Crippen LogP) is 3.24. The average molecular weight is 393 g/mol. The molecule has 1 aliphatic rings. The number of halogens is 2. The van der Waals surface area contributed by atoms with Crippen LogP contribution in [0.1, 0.15) is 17.3 Å². The Morgan fingerprint density at radius 3 is 2.39 bits per heavy atom. The fraction of sp³-hybridized carbons (Fsp3) is 0.263. The minimum absolute atomic E-state index is 0.0871. The van der Waals surface area contributed by atoms with Crippen molar-refractivity contribution in [1.29, 1.82) is 0 Å². The molecule has 1 N–H and O–H groups in total. The van der Waals surface area contributed by atoms with Crippen molar-refractivity contribution in [2.45, 2.75) is 19.6 Å². The summed E-state index contributed by atoms with van der Waals surface area (Å²) in [6, 6.07) is 9.89. The Labute approximate surface area is 159 Å². The van der Waals surface area contributed by atoms with E-state index in [1.165, 1.54) is 31.2 Å². The number of ether oxygens (including phenoxy) is 4. The third-order valence-corrected chi connectivity index (χ3v) is 3.78. The minimum Gasteiger partial charge on any atom is -0.486 e. The maximum Gasteiger partial charge on any atom is 0.387 e.